The molecule has 1 N–H and O–H groups in total. The van der Waals surface area contributed by atoms with Crippen LogP contribution in [0.25, 0.3) is 11.5 Å². The van der Waals surface area contributed by atoms with E-state index in [2.05, 4.69) is 15.5 Å². The van der Waals surface area contributed by atoms with Crippen LogP contribution in [0.2, 0.25) is 5.02 Å². The van der Waals surface area contributed by atoms with Crippen LogP contribution in [0.1, 0.15) is 0 Å². The minimum Gasteiger partial charge on any atom is -0.411 e. The third-order valence-electron chi connectivity index (χ3n) is 5.04. The van der Waals surface area contributed by atoms with Gasteiger partial charge in [-0.3, -0.25) is 14.5 Å². The van der Waals surface area contributed by atoms with Crippen molar-refractivity contribution in [2.45, 2.75) is 5.22 Å². The average Bonchev–Trinajstić information content (AvgIpc) is 3.29. The molecule has 8 nitrogen and oxygen atoms in total. The Morgan fingerprint density at radius 3 is 2.42 bits per heavy atom. The fourth-order valence-corrected chi connectivity index (χ4v) is 4.08. The number of anilines is 1. The highest BCUT2D eigenvalue weighted by Crippen LogP contribution is 2.24. The summed E-state index contributed by atoms with van der Waals surface area (Å²) in [5, 5.41) is 11.7. The largest absolute Gasteiger partial charge is 0.411 e. The minimum absolute atomic E-state index is 0.0262. The van der Waals surface area contributed by atoms with Crippen molar-refractivity contribution in [3.63, 3.8) is 0 Å². The molecule has 0 atom stereocenters. The van der Waals surface area contributed by atoms with Crippen molar-refractivity contribution >= 4 is 40.9 Å². The van der Waals surface area contributed by atoms with Gasteiger partial charge in [0, 0.05) is 42.5 Å². The second-order valence-corrected chi connectivity index (χ2v) is 8.74. The van der Waals surface area contributed by atoms with Gasteiger partial charge in [0.2, 0.25) is 17.7 Å². The zero-order valence-corrected chi connectivity index (χ0v) is 19.1. The first-order valence-corrected chi connectivity index (χ1v) is 11.6. The standard InChI is InChI=1S/C22H21ClFN5O3S/c23-16-3-1-15(2-4-16)21-26-27-22(32-21)33-14-20(31)29-11-9-28(10-12-29)13-19(30)25-18-7-5-17(24)6-8-18/h1-8H,9-14H2,(H,25,30). The topological polar surface area (TPSA) is 91.6 Å². The fourth-order valence-electron chi connectivity index (χ4n) is 3.28. The lowest BCUT2D eigenvalue weighted by atomic mass is 10.2. The van der Waals surface area contributed by atoms with E-state index < -0.39 is 0 Å². The quantitative estimate of drug-likeness (QED) is 0.508. The van der Waals surface area contributed by atoms with Gasteiger partial charge in [-0.05, 0) is 48.5 Å². The third-order valence-corrected chi connectivity index (χ3v) is 6.09. The summed E-state index contributed by atoms with van der Waals surface area (Å²) in [4.78, 5) is 28.5. The number of hydrogen-bond donors (Lipinski definition) is 1. The van der Waals surface area contributed by atoms with E-state index in [1.54, 1.807) is 29.2 Å². The Labute approximate surface area is 199 Å². The molecule has 1 aromatic heterocycles. The van der Waals surface area contributed by atoms with Crippen LogP contribution in [-0.2, 0) is 9.59 Å². The van der Waals surface area contributed by atoms with Crippen LogP contribution in [-0.4, -0.2) is 70.3 Å². The van der Waals surface area contributed by atoms with E-state index in [1.807, 2.05) is 4.90 Å². The Morgan fingerprint density at radius 2 is 1.73 bits per heavy atom. The van der Waals surface area contributed by atoms with Crippen LogP contribution < -0.4 is 5.32 Å². The number of hydrogen-bond acceptors (Lipinski definition) is 7. The molecule has 1 aliphatic rings. The smallest absolute Gasteiger partial charge is 0.277 e. The molecule has 0 unspecified atom stereocenters. The number of carbonyl (C=O) groups excluding carboxylic acids is 2. The van der Waals surface area contributed by atoms with Gasteiger partial charge in [0.1, 0.15) is 5.82 Å². The lowest BCUT2D eigenvalue weighted by Gasteiger charge is -2.34. The maximum absolute atomic E-state index is 13.0. The van der Waals surface area contributed by atoms with Crippen molar-refractivity contribution in [1.29, 1.82) is 0 Å². The maximum Gasteiger partial charge on any atom is 0.277 e. The van der Waals surface area contributed by atoms with E-state index in [1.165, 1.54) is 36.0 Å². The average molecular weight is 490 g/mol. The molecule has 2 amide bonds. The number of thioether (sulfide) groups is 1. The number of piperazine rings is 1. The Kier molecular flexibility index (Phi) is 7.58. The number of carbonyl (C=O) groups is 2. The predicted octanol–water partition coefficient (Wildman–Crippen LogP) is 3.40. The predicted molar refractivity (Wildman–Crippen MR) is 124 cm³/mol. The van der Waals surface area contributed by atoms with Crippen molar-refractivity contribution in [2.24, 2.45) is 0 Å². The molecule has 0 bridgehead atoms. The summed E-state index contributed by atoms with van der Waals surface area (Å²) in [5.41, 5.74) is 1.30. The van der Waals surface area contributed by atoms with Gasteiger partial charge >= 0.3 is 0 Å². The minimum atomic E-state index is -0.354. The molecule has 0 spiro atoms. The lowest BCUT2D eigenvalue weighted by molar-refractivity contribution is -0.130. The van der Waals surface area contributed by atoms with Gasteiger partial charge in [-0.1, -0.05) is 23.4 Å². The first-order valence-electron chi connectivity index (χ1n) is 10.2. The highest BCUT2D eigenvalue weighted by molar-refractivity contribution is 7.99. The third kappa shape index (κ3) is 6.53. The number of halogens is 2. The van der Waals surface area contributed by atoms with E-state index in [9.17, 15) is 14.0 Å². The number of aromatic nitrogens is 2. The van der Waals surface area contributed by atoms with Gasteiger partial charge in [-0.25, -0.2) is 4.39 Å². The molecule has 0 saturated carbocycles. The van der Waals surface area contributed by atoms with Gasteiger partial charge in [0.25, 0.3) is 5.22 Å². The molecule has 11 heteroatoms. The first-order chi connectivity index (χ1) is 16.0. The van der Waals surface area contributed by atoms with Crippen LogP contribution >= 0.6 is 23.4 Å². The van der Waals surface area contributed by atoms with Gasteiger partial charge in [-0.15, -0.1) is 10.2 Å². The van der Waals surface area contributed by atoms with Crippen molar-refractivity contribution < 1.29 is 18.4 Å². The van der Waals surface area contributed by atoms with Crippen LogP contribution in [0.15, 0.2) is 58.2 Å². The number of amides is 2. The van der Waals surface area contributed by atoms with Crippen molar-refractivity contribution in [2.75, 3.05) is 43.8 Å². The molecule has 0 aliphatic carbocycles. The van der Waals surface area contributed by atoms with Gasteiger partial charge in [-0.2, -0.15) is 0 Å². The van der Waals surface area contributed by atoms with Crippen LogP contribution in [0.5, 0.6) is 0 Å². The first kappa shape index (κ1) is 23.2. The lowest BCUT2D eigenvalue weighted by Crippen LogP contribution is -2.50. The van der Waals surface area contributed by atoms with Crippen LogP contribution in [0.3, 0.4) is 0 Å². The number of nitrogens with one attached hydrogen (secondary N) is 1. The van der Waals surface area contributed by atoms with Gasteiger partial charge < -0.3 is 14.6 Å². The number of nitrogens with zero attached hydrogens (tertiary/aromatic N) is 4. The summed E-state index contributed by atoms with van der Waals surface area (Å²) in [6, 6.07) is 12.7. The number of benzene rings is 2. The Hall–Kier alpha value is -2.95. The Balaban J connectivity index is 1.19. The molecule has 4 rings (SSSR count). The van der Waals surface area contributed by atoms with Crippen molar-refractivity contribution in [3.05, 3.63) is 59.4 Å². The highest BCUT2D eigenvalue weighted by atomic mass is 35.5. The van der Waals surface area contributed by atoms with Crippen LogP contribution in [0, 0.1) is 5.82 Å². The van der Waals surface area contributed by atoms with Crippen molar-refractivity contribution in [3.8, 4) is 11.5 Å². The zero-order chi connectivity index (χ0) is 23.2. The monoisotopic (exact) mass is 489 g/mol. The molecule has 2 aromatic carbocycles. The second-order valence-electron chi connectivity index (χ2n) is 7.38. The SMILES string of the molecule is O=C(CN1CCN(C(=O)CSc2nnc(-c3ccc(Cl)cc3)o2)CC1)Nc1ccc(F)cc1. The van der Waals surface area contributed by atoms with E-state index in [-0.39, 0.29) is 29.9 Å². The zero-order valence-electron chi connectivity index (χ0n) is 17.5. The van der Waals surface area contributed by atoms with Gasteiger partial charge in [0.15, 0.2) is 0 Å². The van der Waals surface area contributed by atoms with E-state index in [0.29, 0.717) is 48.0 Å². The summed E-state index contributed by atoms with van der Waals surface area (Å²) in [7, 11) is 0. The molecule has 1 fully saturated rings. The molecule has 3 aromatic rings. The molecule has 1 aliphatic heterocycles. The van der Waals surface area contributed by atoms with Gasteiger partial charge in [0.05, 0.1) is 12.3 Å². The Bertz CT molecular complexity index is 1100. The molecule has 1 saturated heterocycles. The van der Waals surface area contributed by atoms with Crippen molar-refractivity contribution in [1.82, 2.24) is 20.0 Å². The van der Waals surface area contributed by atoms with E-state index in [0.717, 1.165) is 5.56 Å². The highest BCUT2D eigenvalue weighted by Gasteiger charge is 2.23. The fraction of sp³-hybridized carbons (Fsp3) is 0.273. The maximum atomic E-state index is 13.0. The summed E-state index contributed by atoms with van der Waals surface area (Å²) in [6.07, 6.45) is 0. The summed E-state index contributed by atoms with van der Waals surface area (Å²) >= 11 is 7.08. The molecule has 33 heavy (non-hydrogen) atoms. The molecule has 172 valence electrons. The normalized spacial score (nSPS) is 14.3. The van der Waals surface area contributed by atoms with Crippen LogP contribution in [0.4, 0.5) is 10.1 Å². The second kappa shape index (κ2) is 10.8. The Morgan fingerprint density at radius 1 is 1.03 bits per heavy atom. The molecule has 2 heterocycles. The van der Waals surface area contributed by atoms with E-state index in [4.69, 9.17) is 16.0 Å². The summed E-state index contributed by atoms with van der Waals surface area (Å²) < 4.78 is 18.6. The molecular weight excluding hydrogens is 469 g/mol. The summed E-state index contributed by atoms with van der Waals surface area (Å²) in [6.45, 7) is 2.46. The van der Waals surface area contributed by atoms with E-state index >= 15 is 0 Å². The summed E-state index contributed by atoms with van der Waals surface area (Å²) in [5.74, 6) is 0.00138. The number of rotatable bonds is 7. The molecular formula is C22H21ClFN5O3S. The molecule has 0 radical (unpaired) electrons.